The highest BCUT2D eigenvalue weighted by Gasteiger charge is 2.36. The van der Waals surface area contributed by atoms with E-state index in [0.29, 0.717) is 5.57 Å². The van der Waals surface area contributed by atoms with Gasteiger partial charge in [0.05, 0.1) is 24.4 Å². The van der Waals surface area contributed by atoms with E-state index in [4.69, 9.17) is 9.47 Å². The Labute approximate surface area is 142 Å². The average Bonchev–Trinajstić information content (AvgIpc) is 2.77. The maximum atomic E-state index is 12.3. The van der Waals surface area contributed by atoms with Gasteiger partial charge in [-0.1, -0.05) is 0 Å². The van der Waals surface area contributed by atoms with Gasteiger partial charge in [0.15, 0.2) is 0 Å². The summed E-state index contributed by atoms with van der Waals surface area (Å²) in [5.41, 5.74) is -0.978. The van der Waals surface area contributed by atoms with Crippen LogP contribution in [0.4, 0.5) is 4.79 Å². The number of amides is 1. The number of rotatable bonds is 4. The SMILES string of the molecule is COC(=O)C1=CN(C(=O)OC(C)(C)C)[C@H](NC(O)OC(C)(C)C)C1. The van der Waals surface area contributed by atoms with Crippen LogP contribution >= 0.6 is 0 Å². The molecule has 8 heteroatoms. The fraction of sp³-hybridized carbons (Fsp3) is 0.750. The standard InChI is InChI=1S/C16H28N2O6/c1-15(2,3)23-13(20)17-11-8-10(12(19)22-7)9-18(11)14(21)24-16(4,5)6/h9,11,13,17,20H,8H2,1-7H3/t11-,13?/m0/s1. The van der Waals surface area contributed by atoms with Crippen molar-refractivity contribution in [3.8, 4) is 0 Å². The Balaban J connectivity index is 2.88. The zero-order chi connectivity index (χ0) is 18.7. The molecule has 138 valence electrons. The lowest BCUT2D eigenvalue weighted by Crippen LogP contribution is -2.51. The monoisotopic (exact) mass is 344 g/mol. The number of carbonyl (C=O) groups is 2. The summed E-state index contributed by atoms with van der Waals surface area (Å²) in [7, 11) is 1.26. The molecule has 0 aromatic carbocycles. The third-order valence-electron chi connectivity index (χ3n) is 2.90. The minimum atomic E-state index is -1.31. The van der Waals surface area contributed by atoms with Gasteiger partial charge in [-0.25, -0.2) is 14.9 Å². The van der Waals surface area contributed by atoms with E-state index in [0.717, 1.165) is 0 Å². The minimum Gasteiger partial charge on any atom is -0.466 e. The highest BCUT2D eigenvalue weighted by molar-refractivity contribution is 5.90. The Morgan fingerprint density at radius 2 is 1.83 bits per heavy atom. The molecule has 0 aromatic heterocycles. The van der Waals surface area contributed by atoms with Crippen molar-refractivity contribution in [1.82, 2.24) is 10.2 Å². The van der Waals surface area contributed by atoms with Crippen LogP contribution in [0.3, 0.4) is 0 Å². The highest BCUT2D eigenvalue weighted by Crippen LogP contribution is 2.24. The van der Waals surface area contributed by atoms with Gasteiger partial charge < -0.3 is 19.3 Å². The van der Waals surface area contributed by atoms with Gasteiger partial charge in [-0.2, -0.15) is 0 Å². The molecule has 2 atom stereocenters. The minimum absolute atomic E-state index is 0.163. The van der Waals surface area contributed by atoms with Gasteiger partial charge >= 0.3 is 12.1 Å². The summed E-state index contributed by atoms with van der Waals surface area (Å²) in [6.45, 7) is 10.6. The number of esters is 1. The molecule has 0 spiro atoms. The number of carbonyl (C=O) groups excluding carboxylic acids is 2. The second kappa shape index (κ2) is 7.50. The summed E-state index contributed by atoms with van der Waals surface area (Å²) in [6, 6.07) is 0. The van der Waals surface area contributed by atoms with Crippen LogP contribution in [0.15, 0.2) is 11.8 Å². The zero-order valence-electron chi connectivity index (χ0n) is 15.4. The van der Waals surface area contributed by atoms with E-state index in [1.807, 2.05) is 0 Å². The van der Waals surface area contributed by atoms with E-state index in [-0.39, 0.29) is 6.42 Å². The topological polar surface area (TPSA) is 97.3 Å². The molecule has 1 aliphatic rings. The van der Waals surface area contributed by atoms with Gasteiger partial charge in [-0.15, -0.1) is 0 Å². The molecule has 1 aliphatic heterocycles. The van der Waals surface area contributed by atoms with Gasteiger partial charge in [0.1, 0.15) is 5.60 Å². The molecular formula is C16H28N2O6. The van der Waals surface area contributed by atoms with Gasteiger partial charge in [0.2, 0.25) is 6.41 Å². The van der Waals surface area contributed by atoms with Crippen molar-refractivity contribution in [3.63, 3.8) is 0 Å². The lowest BCUT2D eigenvalue weighted by Gasteiger charge is -2.31. The summed E-state index contributed by atoms with van der Waals surface area (Å²) >= 11 is 0. The van der Waals surface area contributed by atoms with Crippen LogP contribution < -0.4 is 5.32 Å². The van der Waals surface area contributed by atoms with Crippen LogP contribution in [0.5, 0.6) is 0 Å². The first kappa shape index (κ1) is 20.4. The lowest BCUT2D eigenvalue weighted by molar-refractivity contribution is -0.189. The first-order valence-electron chi connectivity index (χ1n) is 7.74. The van der Waals surface area contributed by atoms with Crippen LogP contribution in [-0.4, -0.2) is 53.0 Å². The smallest absolute Gasteiger partial charge is 0.415 e. The number of hydrogen-bond acceptors (Lipinski definition) is 7. The Morgan fingerprint density at radius 1 is 1.25 bits per heavy atom. The lowest BCUT2D eigenvalue weighted by atomic mass is 10.2. The quantitative estimate of drug-likeness (QED) is 0.591. The predicted molar refractivity (Wildman–Crippen MR) is 86.6 cm³/mol. The van der Waals surface area contributed by atoms with Crippen molar-refractivity contribution in [2.24, 2.45) is 0 Å². The third-order valence-corrected chi connectivity index (χ3v) is 2.90. The summed E-state index contributed by atoms with van der Waals surface area (Å²) in [5.74, 6) is -0.543. The number of aliphatic hydroxyl groups is 1. The molecule has 8 nitrogen and oxygen atoms in total. The van der Waals surface area contributed by atoms with E-state index in [1.54, 1.807) is 41.5 Å². The van der Waals surface area contributed by atoms with Gasteiger partial charge in [-0.05, 0) is 41.5 Å². The Kier molecular flexibility index (Phi) is 6.38. The van der Waals surface area contributed by atoms with Crippen molar-refractivity contribution < 1.29 is 28.9 Å². The molecule has 0 bridgehead atoms. The Hall–Kier alpha value is -1.64. The van der Waals surface area contributed by atoms with E-state index < -0.39 is 35.8 Å². The normalized spacial score (nSPS) is 19.8. The molecule has 1 amide bonds. The maximum absolute atomic E-state index is 12.3. The second-order valence-corrected chi connectivity index (χ2v) is 7.50. The summed E-state index contributed by atoms with van der Waals surface area (Å²) in [4.78, 5) is 25.3. The molecule has 0 aliphatic carbocycles. The fourth-order valence-corrected chi connectivity index (χ4v) is 2.05. The molecule has 1 unspecified atom stereocenters. The molecular weight excluding hydrogens is 316 g/mol. The van der Waals surface area contributed by atoms with Crippen LogP contribution in [0.1, 0.15) is 48.0 Å². The molecule has 0 radical (unpaired) electrons. The van der Waals surface area contributed by atoms with Crippen molar-refractivity contribution in [1.29, 1.82) is 0 Å². The first-order valence-corrected chi connectivity index (χ1v) is 7.74. The summed E-state index contributed by atoms with van der Waals surface area (Å²) in [5, 5.41) is 12.8. The van der Waals surface area contributed by atoms with E-state index >= 15 is 0 Å². The van der Waals surface area contributed by atoms with E-state index in [9.17, 15) is 14.7 Å². The van der Waals surface area contributed by atoms with E-state index in [2.05, 4.69) is 10.1 Å². The number of nitrogens with one attached hydrogen (secondary N) is 1. The molecule has 1 rings (SSSR count). The second-order valence-electron chi connectivity index (χ2n) is 7.50. The average molecular weight is 344 g/mol. The molecule has 1 heterocycles. The van der Waals surface area contributed by atoms with Crippen molar-refractivity contribution in [2.45, 2.75) is 71.7 Å². The molecule has 2 N–H and O–H groups in total. The highest BCUT2D eigenvalue weighted by atomic mass is 16.6. The maximum Gasteiger partial charge on any atom is 0.415 e. The van der Waals surface area contributed by atoms with Crippen LogP contribution in [0.2, 0.25) is 0 Å². The number of nitrogens with zero attached hydrogens (tertiary/aromatic N) is 1. The number of hydrogen-bond donors (Lipinski definition) is 2. The molecule has 24 heavy (non-hydrogen) atoms. The van der Waals surface area contributed by atoms with Gasteiger partial charge in [-0.3, -0.25) is 4.90 Å². The summed E-state index contributed by atoms with van der Waals surface area (Å²) in [6.07, 6.45) is -1.11. The summed E-state index contributed by atoms with van der Waals surface area (Å²) < 4.78 is 15.4. The number of aliphatic hydroxyl groups excluding tert-OH is 1. The zero-order valence-corrected chi connectivity index (χ0v) is 15.4. The number of ether oxygens (including phenoxy) is 3. The van der Waals surface area contributed by atoms with Gasteiger partial charge in [0.25, 0.3) is 0 Å². The number of methoxy groups -OCH3 is 1. The molecule has 0 fully saturated rings. The molecule has 0 aromatic rings. The fourth-order valence-electron chi connectivity index (χ4n) is 2.05. The first-order chi connectivity index (χ1) is 10.8. The van der Waals surface area contributed by atoms with Gasteiger partial charge in [0, 0.05) is 12.6 Å². The molecule has 0 saturated heterocycles. The molecule has 0 saturated carbocycles. The largest absolute Gasteiger partial charge is 0.466 e. The third kappa shape index (κ3) is 6.46. The van der Waals surface area contributed by atoms with Crippen LogP contribution in [0.25, 0.3) is 0 Å². The van der Waals surface area contributed by atoms with Crippen molar-refractivity contribution in [3.05, 3.63) is 11.8 Å². The van der Waals surface area contributed by atoms with E-state index in [1.165, 1.54) is 18.2 Å². The van der Waals surface area contributed by atoms with Crippen molar-refractivity contribution >= 4 is 12.1 Å². The predicted octanol–water partition coefficient (Wildman–Crippen LogP) is 1.69. The Morgan fingerprint density at radius 3 is 2.29 bits per heavy atom. The Bertz CT molecular complexity index is 504. The van der Waals surface area contributed by atoms with Crippen LogP contribution in [0, 0.1) is 0 Å². The van der Waals surface area contributed by atoms with Crippen molar-refractivity contribution in [2.75, 3.05) is 7.11 Å². The van der Waals surface area contributed by atoms with Crippen LogP contribution in [-0.2, 0) is 19.0 Å².